The van der Waals surface area contributed by atoms with Crippen molar-refractivity contribution in [3.05, 3.63) is 125 Å². The summed E-state index contributed by atoms with van der Waals surface area (Å²) >= 11 is 1.31. The fourth-order valence-corrected chi connectivity index (χ4v) is 4.58. The summed E-state index contributed by atoms with van der Waals surface area (Å²) in [6.45, 7) is 0.375. The first kappa shape index (κ1) is 23.2. The van der Waals surface area contributed by atoms with Gasteiger partial charge in [0.15, 0.2) is 5.17 Å². The van der Waals surface area contributed by atoms with Crippen LogP contribution in [0.25, 0.3) is 17.2 Å². The maximum atomic E-state index is 12.5. The Balaban J connectivity index is 1.30. The van der Waals surface area contributed by atoms with Crippen molar-refractivity contribution in [1.82, 2.24) is 5.32 Å². The molecule has 4 aromatic rings. The number of aliphatic imine (C=N–C) groups is 1. The zero-order chi connectivity index (χ0) is 24.7. The second kappa shape index (κ2) is 10.8. The van der Waals surface area contributed by atoms with Crippen LogP contribution in [0.5, 0.6) is 5.75 Å². The van der Waals surface area contributed by atoms with Crippen LogP contribution < -0.4 is 10.1 Å². The Morgan fingerprint density at radius 2 is 1.61 bits per heavy atom. The van der Waals surface area contributed by atoms with Gasteiger partial charge in [0.1, 0.15) is 12.4 Å². The third-order valence-corrected chi connectivity index (χ3v) is 6.46. The molecule has 0 unspecified atom stereocenters. The zero-order valence-electron chi connectivity index (χ0n) is 19.2. The number of amides is 1. The number of thioether (sulfide) groups is 1. The van der Waals surface area contributed by atoms with Crippen molar-refractivity contribution in [1.29, 1.82) is 5.26 Å². The van der Waals surface area contributed by atoms with Crippen molar-refractivity contribution in [2.45, 2.75) is 6.61 Å². The van der Waals surface area contributed by atoms with E-state index in [9.17, 15) is 10.1 Å². The number of nitriles is 1. The van der Waals surface area contributed by atoms with Gasteiger partial charge in [0.05, 0.1) is 22.2 Å². The second-order valence-electron chi connectivity index (χ2n) is 8.00. The van der Waals surface area contributed by atoms with Crippen molar-refractivity contribution >= 4 is 34.6 Å². The maximum Gasteiger partial charge on any atom is 0.264 e. The van der Waals surface area contributed by atoms with Gasteiger partial charge in [-0.3, -0.25) is 4.79 Å². The molecule has 6 heteroatoms. The molecule has 1 N–H and O–H groups in total. The summed E-state index contributed by atoms with van der Waals surface area (Å²) in [6, 6.07) is 34.9. The van der Waals surface area contributed by atoms with Gasteiger partial charge in [-0.1, -0.05) is 78.9 Å². The predicted molar refractivity (Wildman–Crippen MR) is 145 cm³/mol. The highest BCUT2D eigenvalue weighted by Crippen LogP contribution is 2.31. The van der Waals surface area contributed by atoms with Crippen molar-refractivity contribution in [3.8, 4) is 22.9 Å². The monoisotopic (exact) mass is 487 g/mol. The lowest BCUT2D eigenvalue weighted by Crippen LogP contribution is -2.19. The highest BCUT2D eigenvalue weighted by molar-refractivity contribution is 8.18. The number of ether oxygens (including phenoxy) is 1. The molecule has 36 heavy (non-hydrogen) atoms. The molecule has 0 bridgehead atoms. The zero-order valence-corrected chi connectivity index (χ0v) is 20.0. The highest BCUT2D eigenvalue weighted by atomic mass is 32.2. The molecule has 0 radical (unpaired) electrons. The van der Waals surface area contributed by atoms with Gasteiger partial charge in [-0.25, -0.2) is 4.99 Å². The number of hydrogen-bond donors (Lipinski definition) is 1. The molecular weight excluding hydrogens is 466 g/mol. The van der Waals surface area contributed by atoms with Crippen molar-refractivity contribution in [2.24, 2.45) is 4.99 Å². The molecule has 4 aromatic carbocycles. The van der Waals surface area contributed by atoms with Crippen LogP contribution in [0, 0.1) is 11.3 Å². The summed E-state index contributed by atoms with van der Waals surface area (Å²) in [6.07, 6.45) is 1.82. The van der Waals surface area contributed by atoms with Gasteiger partial charge in [-0.2, -0.15) is 5.26 Å². The first-order chi connectivity index (χ1) is 17.7. The Bertz CT molecular complexity index is 1500. The van der Waals surface area contributed by atoms with E-state index in [1.54, 1.807) is 0 Å². The summed E-state index contributed by atoms with van der Waals surface area (Å²) in [7, 11) is 0. The van der Waals surface area contributed by atoms with Crippen LogP contribution in [0.2, 0.25) is 0 Å². The topological polar surface area (TPSA) is 74.5 Å². The van der Waals surface area contributed by atoms with Crippen LogP contribution in [0.4, 0.5) is 5.69 Å². The summed E-state index contributed by atoms with van der Waals surface area (Å²) in [5.74, 6) is 0.503. The molecule has 1 aliphatic heterocycles. The van der Waals surface area contributed by atoms with E-state index in [1.165, 1.54) is 11.8 Å². The Kier molecular flexibility index (Phi) is 6.93. The molecule has 1 fully saturated rings. The Morgan fingerprint density at radius 3 is 2.42 bits per heavy atom. The smallest absolute Gasteiger partial charge is 0.264 e. The second-order valence-corrected chi connectivity index (χ2v) is 9.03. The van der Waals surface area contributed by atoms with E-state index in [0.717, 1.165) is 27.9 Å². The van der Waals surface area contributed by atoms with Crippen LogP contribution in [0.1, 0.15) is 16.7 Å². The number of rotatable bonds is 6. The summed E-state index contributed by atoms with van der Waals surface area (Å²) in [5, 5.41) is 12.7. The number of nitrogens with one attached hydrogen (secondary N) is 1. The maximum absolute atomic E-state index is 12.5. The molecule has 0 aliphatic carbocycles. The SMILES string of the molecule is N#Cc1ccccc1-c1ccc(COc2ccccc2C=C2SC(=Nc3ccccc3)NC2=O)cc1. The fourth-order valence-electron chi connectivity index (χ4n) is 3.75. The molecule has 0 atom stereocenters. The molecule has 0 aromatic heterocycles. The third-order valence-electron chi connectivity index (χ3n) is 5.55. The summed E-state index contributed by atoms with van der Waals surface area (Å²) in [4.78, 5) is 17.6. The molecule has 174 valence electrons. The van der Waals surface area contributed by atoms with Crippen LogP contribution in [-0.4, -0.2) is 11.1 Å². The van der Waals surface area contributed by atoms with Crippen molar-refractivity contribution in [3.63, 3.8) is 0 Å². The van der Waals surface area contributed by atoms with E-state index in [2.05, 4.69) is 16.4 Å². The molecule has 1 amide bonds. The molecule has 0 saturated carbocycles. The van der Waals surface area contributed by atoms with Crippen LogP contribution in [0.3, 0.4) is 0 Å². The lowest BCUT2D eigenvalue weighted by molar-refractivity contribution is -0.115. The summed E-state index contributed by atoms with van der Waals surface area (Å²) < 4.78 is 6.11. The lowest BCUT2D eigenvalue weighted by atomic mass is 9.99. The van der Waals surface area contributed by atoms with Crippen molar-refractivity contribution in [2.75, 3.05) is 0 Å². The number of carbonyl (C=O) groups is 1. The Labute approximate surface area is 213 Å². The molecule has 1 aliphatic rings. The average Bonchev–Trinajstić information content (AvgIpc) is 3.27. The molecule has 0 spiro atoms. The van der Waals surface area contributed by atoms with Gasteiger partial charge >= 0.3 is 0 Å². The molecule has 1 saturated heterocycles. The molecule has 1 heterocycles. The first-order valence-electron chi connectivity index (χ1n) is 11.3. The summed E-state index contributed by atoms with van der Waals surface area (Å²) in [5.41, 5.74) is 5.14. The highest BCUT2D eigenvalue weighted by Gasteiger charge is 2.24. The predicted octanol–water partition coefficient (Wildman–Crippen LogP) is 6.70. The minimum Gasteiger partial charge on any atom is -0.488 e. The first-order valence-corrected chi connectivity index (χ1v) is 12.2. The number of amidine groups is 1. The van der Waals surface area contributed by atoms with Gasteiger partial charge in [0.25, 0.3) is 5.91 Å². The number of carbonyl (C=O) groups excluding carboxylic acids is 1. The van der Waals surface area contributed by atoms with Gasteiger partial charge in [-0.15, -0.1) is 0 Å². The van der Waals surface area contributed by atoms with Gasteiger partial charge in [-0.05, 0) is 58.8 Å². The number of benzene rings is 4. The van der Waals surface area contributed by atoms with E-state index in [4.69, 9.17) is 4.74 Å². The van der Waals surface area contributed by atoms with Crippen LogP contribution in [0.15, 0.2) is 113 Å². The molecule has 5 rings (SSSR count). The average molecular weight is 488 g/mol. The van der Waals surface area contributed by atoms with Gasteiger partial charge < -0.3 is 10.1 Å². The van der Waals surface area contributed by atoms with E-state index < -0.39 is 0 Å². The van der Waals surface area contributed by atoms with Crippen LogP contribution >= 0.6 is 11.8 Å². The van der Waals surface area contributed by atoms with Crippen molar-refractivity contribution < 1.29 is 9.53 Å². The lowest BCUT2D eigenvalue weighted by Gasteiger charge is -2.10. The van der Waals surface area contributed by atoms with E-state index in [0.29, 0.717) is 28.0 Å². The molecular formula is C30H21N3O2S. The number of nitrogens with zero attached hydrogens (tertiary/aromatic N) is 2. The third kappa shape index (κ3) is 5.38. The standard InChI is InChI=1S/C30H21N3O2S/c31-19-24-9-4-6-12-26(24)22-16-14-21(15-17-22)20-35-27-13-7-5-8-23(27)18-28-29(34)33-30(36-28)32-25-10-2-1-3-11-25/h1-18H,20H2,(H,32,33,34). The Hall–Kier alpha value is -4.60. The minimum absolute atomic E-state index is 0.183. The van der Waals surface area contributed by atoms with Gasteiger partial charge in [0, 0.05) is 5.56 Å². The van der Waals surface area contributed by atoms with E-state index in [-0.39, 0.29) is 5.91 Å². The largest absolute Gasteiger partial charge is 0.488 e. The van der Waals surface area contributed by atoms with Crippen LogP contribution in [-0.2, 0) is 11.4 Å². The normalized spacial score (nSPS) is 15.0. The number of hydrogen-bond acceptors (Lipinski definition) is 5. The minimum atomic E-state index is -0.183. The fraction of sp³-hybridized carbons (Fsp3) is 0.0333. The van der Waals surface area contributed by atoms with Gasteiger partial charge in [0.2, 0.25) is 0 Å². The van der Waals surface area contributed by atoms with E-state index in [1.807, 2.05) is 109 Å². The number of para-hydroxylation sites is 2. The quantitative estimate of drug-likeness (QED) is 0.307. The Morgan fingerprint density at radius 1 is 0.889 bits per heavy atom. The molecule has 5 nitrogen and oxygen atoms in total. The van der Waals surface area contributed by atoms with E-state index >= 15 is 0 Å².